The van der Waals surface area contributed by atoms with E-state index in [9.17, 15) is 9.59 Å². The molecule has 0 aliphatic carbocycles. The van der Waals surface area contributed by atoms with Gasteiger partial charge in [0.2, 0.25) is 0 Å². The van der Waals surface area contributed by atoms with Crippen molar-refractivity contribution in [2.45, 2.75) is 6.42 Å². The summed E-state index contributed by atoms with van der Waals surface area (Å²) in [6, 6.07) is 2.47. The number of aromatic carboxylic acids is 1. The average Bonchev–Trinajstić information content (AvgIpc) is 2.16. The highest BCUT2D eigenvalue weighted by Gasteiger charge is 2.15. The predicted octanol–water partition coefficient (Wildman–Crippen LogP) is 0.603. The van der Waals surface area contributed by atoms with Crippen molar-refractivity contribution in [3.8, 4) is 5.75 Å². The summed E-state index contributed by atoms with van der Waals surface area (Å²) >= 11 is 0. The van der Waals surface area contributed by atoms with Crippen LogP contribution in [-0.4, -0.2) is 29.3 Å². The Bertz CT molecular complexity index is 441. The molecule has 0 saturated carbocycles. The summed E-state index contributed by atoms with van der Waals surface area (Å²) in [5.74, 6) is -2.05. The molecule has 0 bridgehead atoms. The SMILES string of the molecule is COc1c(N)cc(C(=O)O)cc1CC(=O)O. The maximum Gasteiger partial charge on any atom is 0.335 e. The minimum absolute atomic E-state index is 0.0606. The summed E-state index contributed by atoms with van der Waals surface area (Å²) in [7, 11) is 1.34. The highest BCUT2D eigenvalue weighted by Crippen LogP contribution is 2.28. The zero-order valence-electron chi connectivity index (χ0n) is 8.56. The van der Waals surface area contributed by atoms with E-state index in [1.54, 1.807) is 0 Å². The fraction of sp³-hybridized carbons (Fsp3) is 0.200. The molecule has 0 amide bonds. The zero-order valence-corrected chi connectivity index (χ0v) is 8.56. The van der Waals surface area contributed by atoms with Gasteiger partial charge in [-0.3, -0.25) is 4.79 Å². The van der Waals surface area contributed by atoms with E-state index in [-0.39, 0.29) is 29.0 Å². The minimum Gasteiger partial charge on any atom is -0.494 e. The molecule has 1 aromatic carbocycles. The summed E-state index contributed by atoms with van der Waals surface area (Å²) in [5.41, 5.74) is 5.86. The van der Waals surface area contributed by atoms with Crippen LogP contribution in [0.1, 0.15) is 15.9 Å². The van der Waals surface area contributed by atoms with Crippen molar-refractivity contribution in [3.05, 3.63) is 23.3 Å². The van der Waals surface area contributed by atoms with Crippen LogP contribution in [0.25, 0.3) is 0 Å². The molecule has 0 aromatic heterocycles. The van der Waals surface area contributed by atoms with Crippen molar-refractivity contribution in [2.75, 3.05) is 12.8 Å². The number of carboxylic acid groups (broad SMARTS) is 2. The normalized spacial score (nSPS) is 9.81. The Morgan fingerprint density at radius 1 is 1.38 bits per heavy atom. The van der Waals surface area contributed by atoms with Crippen molar-refractivity contribution in [1.82, 2.24) is 0 Å². The van der Waals surface area contributed by atoms with E-state index in [1.165, 1.54) is 19.2 Å². The molecule has 0 fully saturated rings. The minimum atomic E-state index is -1.17. The second kappa shape index (κ2) is 4.52. The number of carboxylic acids is 2. The maximum atomic E-state index is 10.7. The first-order chi connectivity index (χ1) is 7.45. The van der Waals surface area contributed by atoms with Gasteiger partial charge in [0.1, 0.15) is 5.75 Å². The van der Waals surface area contributed by atoms with Gasteiger partial charge < -0.3 is 20.7 Å². The van der Waals surface area contributed by atoms with Crippen molar-refractivity contribution in [3.63, 3.8) is 0 Å². The Kier molecular flexibility index (Phi) is 3.34. The number of nitrogen functional groups attached to an aromatic ring is 1. The van der Waals surface area contributed by atoms with Crippen molar-refractivity contribution in [2.24, 2.45) is 0 Å². The molecule has 16 heavy (non-hydrogen) atoms. The van der Waals surface area contributed by atoms with E-state index in [0.29, 0.717) is 0 Å². The summed E-state index contributed by atoms with van der Waals surface area (Å²) in [4.78, 5) is 21.3. The maximum absolute atomic E-state index is 10.7. The summed E-state index contributed by atoms with van der Waals surface area (Å²) in [5, 5.41) is 17.5. The average molecular weight is 225 g/mol. The van der Waals surface area contributed by atoms with Crippen LogP contribution in [0, 0.1) is 0 Å². The van der Waals surface area contributed by atoms with Crippen LogP contribution < -0.4 is 10.5 Å². The van der Waals surface area contributed by atoms with Crippen molar-refractivity contribution < 1.29 is 24.5 Å². The van der Waals surface area contributed by atoms with Crippen LogP contribution >= 0.6 is 0 Å². The van der Waals surface area contributed by atoms with Crippen LogP contribution in [0.4, 0.5) is 5.69 Å². The van der Waals surface area contributed by atoms with Crippen molar-refractivity contribution in [1.29, 1.82) is 0 Å². The number of carbonyl (C=O) groups is 2. The predicted molar refractivity (Wildman–Crippen MR) is 55.7 cm³/mol. The Labute approximate surface area is 91.3 Å². The number of ether oxygens (including phenoxy) is 1. The first-order valence-corrected chi connectivity index (χ1v) is 4.37. The standard InChI is InChI=1S/C10H11NO5/c1-16-9-5(4-8(12)13)2-6(10(14)15)3-7(9)11/h2-3H,4,11H2,1H3,(H,12,13)(H,14,15). The molecular formula is C10H11NO5. The van der Waals surface area contributed by atoms with E-state index in [0.717, 1.165) is 0 Å². The Balaban J connectivity index is 3.30. The van der Waals surface area contributed by atoms with Gasteiger partial charge in [-0.15, -0.1) is 0 Å². The molecule has 6 heteroatoms. The van der Waals surface area contributed by atoms with Gasteiger partial charge in [-0.25, -0.2) is 4.79 Å². The number of rotatable bonds is 4. The van der Waals surface area contributed by atoms with Crippen LogP contribution in [0.5, 0.6) is 5.75 Å². The molecule has 1 rings (SSSR count). The van der Waals surface area contributed by atoms with Gasteiger partial charge in [0.15, 0.2) is 0 Å². The fourth-order valence-electron chi connectivity index (χ4n) is 1.38. The molecule has 4 N–H and O–H groups in total. The Hall–Kier alpha value is -2.24. The summed E-state index contributed by atoms with van der Waals surface area (Å²) < 4.78 is 4.93. The van der Waals surface area contributed by atoms with Crippen molar-refractivity contribution >= 4 is 17.6 Å². The van der Waals surface area contributed by atoms with Gasteiger partial charge in [-0.1, -0.05) is 0 Å². The number of nitrogens with two attached hydrogens (primary N) is 1. The lowest BCUT2D eigenvalue weighted by atomic mass is 10.1. The molecule has 0 aliphatic rings. The molecule has 6 nitrogen and oxygen atoms in total. The van der Waals surface area contributed by atoms with Crippen LogP contribution in [0.3, 0.4) is 0 Å². The second-order valence-corrected chi connectivity index (χ2v) is 3.13. The largest absolute Gasteiger partial charge is 0.494 e. The zero-order chi connectivity index (χ0) is 12.3. The quantitative estimate of drug-likeness (QED) is 0.647. The molecule has 0 saturated heterocycles. The van der Waals surface area contributed by atoms with Gasteiger partial charge in [-0.2, -0.15) is 0 Å². The molecule has 1 aromatic rings. The third kappa shape index (κ3) is 2.41. The lowest BCUT2D eigenvalue weighted by Crippen LogP contribution is -2.07. The molecule has 0 atom stereocenters. The van der Waals surface area contributed by atoms with E-state index >= 15 is 0 Å². The summed E-state index contributed by atoms with van der Waals surface area (Å²) in [6.07, 6.45) is -0.339. The molecule has 0 heterocycles. The van der Waals surface area contributed by atoms with E-state index in [2.05, 4.69) is 0 Å². The first-order valence-electron chi connectivity index (χ1n) is 4.37. The van der Waals surface area contributed by atoms with Gasteiger partial charge in [0, 0.05) is 5.56 Å². The molecule has 86 valence electrons. The van der Waals surface area contributed by atoms with E-state index in [1.807, 2.05) is 0 Å². The van der Waals surface area contributed by atoms with Gasteiger partial charge in [0.25, 0.3) is 0 Å². The number of hydrogen-bond donors (Lipinski definition) is 3. The first kappa shape index (κ1) is 11.8. The number of anilines is 1. The van der Waals surface area contributed by atoms with E-state index in [4.69, 9.17) is 20.7 Å². The third-order valence-electron chi connectivity index (χ3n) is 1.99. The molecule has 0 aliphatic heterocycles. The van der Waals surface area contributed by atoms with Crippen LogP contribution in [0.2, 0.25) is 0 Å². The highest BCUT2D eigenvalue weighted by molar-refractivity contribution is 5.90. The fourth-order valence-corrected chi connectivity index (χ4v) is 1.38. The molecular weight excluding hydrogens is 214 g/mol. The van der Waals surface area contributed by atoms with Gasteiger partial charge in [-0.05, 0) is 12.1 Å². The third-order valence-corrected chi connectivity index (χ3v) is 1.99. The monoisotopic (exact) mass is 225 g/mol. The smallest absolute Gasteiger partial charge is 0.335 e. The second-order valence-electron chi connectivity index (χ2n) is 3.13. The number of methoxy groups -OCH3 is 1. The topological polar surface area (TPSA) is 110 Å². The van der Waals surface area contributed by atoms with Crippen LogP contribution in [-0.2, 0) is 11.2 Å². The number of hydrogen-bond acceptors (Lipinski definition) is 4. The van der Waals surface area contributed by atoms with Gasteiger partial charge in [0.05, 0.1) is 24.8 Å². The Morgan fingerprint density at radius 2 is 2.00 bits per heavy atom. The highest BCUT2D eigenvalue weighted by atomic mass is 16.5. The number of aliphatic carboxylic acids is 1. The van der Waals surface area contributed by atoms with Gasteiger partial charge >= 0.3 is 11.9 Å². The lowest BCUT2D eigenvalue weighted by Gasteiger charge is -2.10. The molecule has 0 radical (unpaired) electrons. The van der Waals surface area contributed by atoms with Crippen LogP contribution in [0.15, 0.2) is 12.1 Å². The summed E-state index contributed by atoms with van der Waals surface area (Å²) in [6.45, 7) is 0. The Morgan fingerprint density at radius 3 is 2.44 bits per heavy atom. The van der Waals surface area contributed by atoms with E-state index < -0.39 is 11.9 Å². The number of benzene rings is 1. The molecule has 0 unspecified atom stereocenters. The lowest BCUT2D eigenvalue weighted by molar-refractivity contribution is -0.136. The molecule has 0 spiro atoms.